The number of hydrazine groups is 1. The Hall–Kier alpha value is -0.770. The van der Waals surface area contributed by atoms with Gasteiger partial charge in [0.05, 0.1) is 0 Å². The summed E-state index contributed by atoms with van der Waals surface area (Å²) in [5.74, 6) is 0.811. The van der Waals surface area contributed by atoms with Crippen LogP contribution in [0.1, 0.15) is 12.8 Å². The molecule has 0 aromatic carbocycles. The molecule has 0 saturated carbocycles. The molecular formula is C7H13N3O. The minimum Gasteiger partial charge on any atom is -0.350 e. The van der Waals surface area contributed by atoms with Crippen LogP contribution in [0.15, 0.2) is 0 Å². The lowest BCUT2D eigenvalue weighted by Gasteiger charge is -2.34. The van der Waals surface area contributed by atoms with Gasteiger partial charge in [0.1, 0.15) is 0 Å². The molecule has 2 N–H and O–H groups in total. The number of fused-ring (bicyclic) bond motifs is 2. The summed E-state index contributed by atoms with van der Waals surface area (Å²) in [6.45, 7) is 2.86. The number of nitrogens with zero attached hydrogens (tertiary/aromatic N) is 2. The lowest BCUT2D eigenvalue weighted by Crippen LogP contribution is -2.50. The molecule has 2 fully saturated rings. The third-order valence-electron chi connectivity index (χ3n) is 2.61. The van der Waals surface area contributed by atoms with Gasteiger partial charge in [0.15, 0.2) is 0 Å². The van der Waals surface area contributed by atoms with Gasteiger partial charge in [-0.25, -0.2) is 9.80 Å². The van der Waals surface area contributed by atoms with Crippen LogP contribution in [0.5, 0.6) is 0 Å². The van der Waals surface area contributed by atoms with E-state index in [0.29, 0.717) is 0 Å². The predicted octanol–water partition coefficient (Wildman–Crippen LogP) is 0.00770. The second-order valence-electron chi connectivity index (χ2n) is 3.32. The van der Waals surface area contributed by atoms with E-state index in [-0.39, 0.29) is 6.03 Å². The molecule has 2 aliphatic heterocycles. The summed E-state index contributed by atoms with van der Waals surface area (Å²) in [4.78, 5) is 10.8. The maximum atomic E-state index is 10.8. The van der Waals surface area contributed by atoms with Crippen molar-refractivity contribution in [3.05, 3.63) is 0 Å². The number of hydrogen-bond donors (Lipinski definition) is 1. The number of urea groups is 1. The predicted molar refractivity (Wildman–Crippen MR) is 40.6 cm³/mol. The zero-order chi connectivity index (χ0) is 7.84. The molecule has 2 amide bonds. The quantitative estimate of drug-likeness (QED) is 0.535. The van der Waals surface area contributed by atoms with Crippen LogP contribution in [0.4, 0.5) is 4.79 Å². The number of primary amides is 1. The first kappa shape index (κ1) is 6.91. The summed E-state index contributed by atoms with van der Waals surface area (Å²) in [6, 6.07) is -0.301. The molecule has 2 bridgehead atoms. The molecule has 4 heteroatoms. The molecular weight excluding hydrogens is 142 g/mol. The van der Waals surface area contributed by atoms with E-state index < -0.39 is 0 Å². The van der Waals surface area contributed by atoms with Gasteiger partial charge >= 0.3 is 6.03 Å². The average Bonchev–Trinajstić information content (AvgIpc) is 2.32. The smallest absolute Gasteiger partial charge is 0.329 e. The molecule has 0 radical (unpaired) electrons. The van der Waals surface area contributed by atoms with Crippen LogP contribution in [-0.4, -0.2) is 35.7 Å². The summed E-state index contributed by atoms with van der Waals surface area (Å²) >= 11 is 0. The SMILES string of the molecule is NC(=O)N1CCC2CCN1C2. The molecule has 2 rings (SSSR count). The summed E-state index contributed by atoms with van der Waals surface area (Å²) in [7, 11) is 0. The van der Waals surface area contributed by atoms with Crippen LogP contribution in [0.2, 0.25) is 0 Å². The Morgan fingerprint density at radius 2 is 2.09 bits per heavy atom. The van der Waals surface area contributed by atoms with E-state index in [1.807, 2.05) is 0 Å². The van der Waals surface area contributed by atoms with Gasteiger partial charge in [-0.3, -0.25) is 5.01 Å². The van der Waals surface area contributed by atoms with Crippen molar-refractivity contribution in [1.29, 1.82) is 0 Å². The number of rotatable bonds is 0. The van der Waals surface area contributed by atoms with E-state index in [1.54, 1.807) is 5.01 Å². The maximum absolute atomic E-state index is 10.8. The first-order valence-corrected chi connectivity index (χ1v) is 4.09. The first-order chi connectivity index (χ1) is 5.27. The van der Waals surface area contributed by atoms with Crippen molar-refractivity contribution in [2.45, 2.75) is 12.8 Å². The van der Waals surface area contributed by atoms with Crippen LogP contribution in [0.25, 0.3) is 0 Å². The Morgan fingerprint density at radius 3 is 2.82 bits per heavy atom. The molecule has 2 atom stereocenters. The molecule has 2 unspecified atom stereocenters. The van der Waals surface area contributed by atoms with Gasteiger partial charge in [-0.15, -0.1) is 0 Å². The van der Waals surface area contributed by atoms with Gasteiger partial charge < -0.3 is 5.73 Å². The maximum Gasteiger partial charge on any atom is 0.329 e. The molecule has 62 valence electrons. The van der Waals surface area contributed by atoms with Crippen LogP contribution >= 0.6 is 0 Å². The number of nitrogens with two attached hydrogens (primary N) is 1. The molecule has 2 aliphatic rings. The molecule has 0 spiro atoms. The van der Waals surface area contributed by atoms with Crippen LogP contribution in [-0.2, 0) is 0 Å². The highest BCUT2D eigenvalue weighted by Gasteiger charge is 2.33. The van der Waals surface area contributed by atoms with E-state index in [9.17, 15) is 4.79 Å². The Labute approximate surface area is 65.9 Å². The Kier molecular flexibility index (Phi) is 1.49. The second kappa shape index (κ2) is 2.37. The van der Waals surface area contributed by atoms with E-state index >= 15 is 0 Å². The minimum atomic E-state index is -0.301. The zero-order valence-electron chi connectivity index (χ0n) is 6.49. The number of hydrogen-bond acceptors (Lipinski definition) is 2. The summed E-state index contributed by atoms with van der Waals surface area (Å²) in [5, 5.41) is 3.74. The Bertz CT molecular complexity index is 183. The van der Waals surface area contributed by atoms with Crippen molar-refractivity contribution in [2.24, 2.45) is 11.7 Å². The summed E-state index contributed by atoms with van der Waals surface area (Å²) < 4.78 is 0. The Balaban J connectivity index is 2.07. The average molecular weight is 155 g/mol. The normalized spacial score (nSPS) is 35.8. The lowest BCUT2D eigenvalue weighted by atomic mass is 10.0. The van der Waals surface area contributed by atoms with E-state index in [2.05, 4.69) is 5.01 Å². The number of amides is 2. The van der Waals surface area contributed by atoms with Crippen molar-refractivity contribution in [1.82, 2.24) is 10.0 Å². The minimum absolute atomic E-state index is 0.301. The third-order valence-corrected chi connectivity index (χ3v) is 2.61. The fourth-order valence-electron chi connectivity index (χ4n) is 1.96. The van der Waals surface area contributed by atoms with Crippen LogP contribution in [0.3, 0.4) is 0 Å². The first-order valence-electron chi connectivity index (χ1n) is 4.09. The van der Waals surface area contributed by atoms with Gasteiger partial charge in [0, 0.05) is 19.6 Å². The highest BCUT2D eigenvalue weighted by atomic mass is 16.2. The van der Waals surface area contributed by atoms with E-state index in [1.165, 1.54) is 6.42 Å². The fourth-order valence-corrected chi connectivity index (χ4v) is 1.96. The lowest BCUT2D eigenvalue weighted by molar-refractivity contribution is 0.0144. The standard InChI is InChI=1S/C7H13N3O/c8-7(11)10-4-2-6-1-3-9(10)5-6/h6H,1-5H2,(H2,8,11). The van der Waals surface area contributed by atoms with Crippen LogP contribution < -0.4 is 5.73 Å². The largest absolute Gasteiger partial charge is 0.350 e. The van der Waals surface area contributed by atoms with Crippen molar-refractivity contribution < 1.29 is 4.79 Å². The topological polar surface area (TPSA) is 49.6 Å². The van der Waals surface area contributed by atoms with Crippen molar-refractivity contribution >= 4 is 6.03 Å². The molecule has 4 nitrogen and oxygen atoms in total. The molecule has 2 heterocycles. The fraction of sp³-hybridized carbons (Fsp3) is 0.857. The number of carbonyl (C=O) groups is 1. The van der Waals surface area contributed by atoms with Gasteiger partial charge in [-0.2, -0.15) is 0 Å². The zero-order valence-corrected chi connectivity index (χ0v) is 6.49. The molecule has 11 heavy (non-hydrogen) atoms. The molecule has 2 saturated heterocycles. The Morgan fingerprint density at radius 1 is 1.36 bits per heavy atom. The number of carbonyl (C=O) groups excluding carboxylic acids is 1. The molecule has 0 aliphatic carbocycles. The van der Waals surface area contributed by atoms with Crippen molar-refractivity contribution in [2.75, 3.05) is 19.6 Å². The molecule has 0 aromatic heterocycles. The third kappa shape index (κ3) is 1.07. The highest BCUT2D eigenvalue weighted by molar-refractivity contribution is 5.71. The van der Waals surface area contributed by atoms with Crippen molar-refractivity contribution in [3.63, 3.8) is 0 Å². The van der Waals surface area contributed by atoms with E-state index in [0.717, 1.165) is 32.0 Å². The van der Waals surface area contributed by atoms with E-state index in [4.69, 9.17) is 5.73 Å². The second-order valence-corrected chi connectivity index (χ2v) is 3.32. The van der Waals surface area contributed by atoms with Crippen LogP contribution in [0, 0.1) is 5.92 Å². The van der Waals surface area contributed by atoms with Gasteiger partial charge in [-0.05, 0) is 18.8 Å². The van der Waals surface area contributed by atoms with Gasteiger partial charge in [0.25, 0.3) is 0 Å². The summed E-state index contributed by atoms with van der Waals surface area (Å²) in [5.41, 5.74) is 5.20. The monoisotopic (exact) mass is 155 g/mol. The molecule has 0 aromatic rings. The highest BCUT2D eigenvalue weighted by Crippen LogP contribution is 2.26. The van der Waals surface area contributed by atoms with Crippen molar-refractivity contribution in [3.8, 4) is 0 Å². The summed E-state index contributed by atoms with van der Waals surface area (Å²) in [6.07, 6.45) is 2.35. The van der Waals surface area contributed by atoms with Gasteiger partial charge in [-0.1, -0.05) is 0 Å². The van der Waals surface area contributed by atoms with Gasteiger partial charge in [0.2, 0.25) is 0 Å².